The van der Waals surface area contributed by atoms with Gasteiger partial charge in [-0.2, -0.15) is 0 Å². The number of carboxylic acids is 1. The number of aliphatic carboxylic acids is 1. The number of esters is 1. The SMILES string of the molecule is O=C(O)C=CC(=O)OCc1ccc(CO)cc1. The van der Waals surface area contributed by atoms with Crippen LogP contribution in [-0.2, 0) is 27.5 Å². The van der Waals surface area contributed by atoms with Crippen molar-refractivity contribution in [3.8, 4) is 0 Å². The number of carbonyl (C=O) groups excluding carboxylic acids is 1. The summed E-state index contributed by atoms with van der Waals surface area (Å²) in [6.07, 6.45) is 1.57. The van der Waals surface area contributed by atoms with E-state index in [9.17, 15) is 9.59 Å². The Balaban J connectivity index is 2.44. The second-order valence-electron chi connectivity index (χ2n) is 3.25. The Morgan fingerprint density at radius 1 is 1.12 bits per heavy atom. The topological polar surface area (TPSA) is 83.8 Å². The molecule has 0 aliphatic heterocycles. The van der Waals surface area contributed by atoms with Crippen LogP contribution in [0.15, 0.2) is 36.4 Å². The molecule has 0 fully saturated rings. The van der Waals surface area contributed by atoms with Crippen LogP contribution in [0.1, 0.15) is 11.1 Å². The number of hydrogen-bond donors (Lipinski definition) is 2. The van der Waals surface area contributed by atoms with E-state index in [0.717, 1.165) is 23.3 Å². The van der Waals surface area contributed by atoms with E-state index in [4.69, 9.17) is 14.9 Å². The minimum atomic E-state index is -1.20. The van der Waals surface area contributed by atoms with Crippen LogP contribution in [0.25, 0.3) is 0 Å². The van der Waals surface area contributed by atoms with Crippen molar-refractivity contribution in [1.82, 2.24) is 0 Å². The second-order valence-corrected chi connectivity index (χ2v) is 3.25. The first-order chi connectivity index (χ1) is 8.11. The van der Waals surface area contributed by atoms with Crippen molar-refractivity contribution in [2.75, 3.05) is 0 Å². The standard InChI is InChI=1S/C12H12O5/c13-7-9-1-3-10(4-2-9)8-17-12(16)6-5-11(14)15/h1-6,13H,7-8H2,(H,14,15). The Kier molecular flexibility index (Phi) is 4.90. The third-order valence-corrected chi connectivity index (χ3v) is 1.95. The number of carboxylic acid groups (broad SMARTS) is 1. The minimum absolute atomic E-state index is 0.0403. The van der Waals surface area contributed by atoms with E-state index in [-0.39, 0.29) is 13.2 Å². The molecule has 0 spiro atoms. The molecule has 0 radical (unpaired) electrons. The van der Waals surface area contributed by atoms with Crippen LogP contribution in [-0.4, -0.2) is 22.2 Å². The molecule has 5 nitrogen and oxygen atoms in total. The highest BCUT2D eigenvalue weighted by molar-refractivity contribution is 5.90. The van der Waals surface area contributed by atoms with Gasteiger partial charge in [-0.3, -0.25) is 0 Å². The molecule has 17 heavy (non-hydrogen) atoms. The van der Waals surface area contributed by atoms with Crippen LogP contribution in [0.4, 0.5) is 0 Å². The molecule has 1 aromatic rings. The average molecular weight is 236 g/mol. The van der Waals surface area contributed by atoms with Gasteiger partial charge < -0.3 is 14.9 Å². The molecule has 0 saturated heterocycles. The van der Waals surface area contributed by atoms with E-state index in [0.29, 0.717) is 0 Å². The van der Waals surface area contributed by atoms with Crippen molar-refractivity contribution in [1.29, 1.82) is 0 Å². The van der Waals surface area contributed by atoms with Crippen molar-refractivity contribution in [3.05, 3.63) is 47.5 Å². The Bertz CT molecular complexity index is 419. The van der Waals surface area contributed by atoms with Gasteiger partial charge >= 0.3 is 11.9 Å². The average Bonchev–Trinajstić information content (AvgIpc) is 2.34. The predicted octanol–water partition coefficient (Wildman–Crippen LogP) is 0.863. The van der Waals surface area contributed by atoms with Crippen LogP contribution in [0, 0.1) is 0 Å². The van der Waals surface area contributed by atoms with Crippen LogP contribution >= 0.6 is 0 Å². The third kappa shape index (κ3) is 4.94. The molecular formula is C12H12O5. The van der Waals surface area contributed by atoms with E-state index in [2.05, 4.69) is 0 Å². The van der Waals surface area contributed by atoms with Crippen molar-refractivity contribution < 1.29 is 24.5 Å². The summed E-state index contributed by atoms with van der Waals surface area (Å²) < 4.78 is 4.80. The molecule has 90 valence electrons. The molecule has 5 heteroatoms. The van der Waals surface area contributed by atoms with Crippen LogP contribution in [0.5, 0.6) is 0 Å². The Hall–Kier alpha value is -2.14. The molecule has 0 amide bonds. The normalized spacial score (nSPS) is 10.4. The maximum atomic E-state index is 11.0. The number of aliphatic hydroxyl groups excluding tert-OH is 1. The van der Waals surface area contributed by atoms with Gasteiger partial charge in [-0.15, -0.1) is 0 Å². The first-order valence-electron chi connectivity index (χ1n) is 4.88. The van der Waals surface area contributed by atoms with Crippen molar-refractivity contribution in [2.45, 2.75) is 13.2 Å². The van der Waals surface area contributed by atoms with E-state index in [1.54, 1.807) is 24.3 Å². The van der Waals surface area contributed by atoms with Gasteiger partial charge in [-0.05, 0) is 11.1 Å². The van der Waals surface area contributed by atoms with Crippen LogP contribution < -0.4 is 0 Å². The number of aliphatic hydroxyl groups is 1. The largest absolute Gasteiger partial charge is 0.478 e. The monoisotopic (exact) mass is 236 g/mol. The van der Waals surface area contributed by atoms with Gasteiger partial charge in [0, 0.05) is 12.2 Å². The van der Waals surface area contributed by atoms with Gasteiger partial charge in [0.2, 0.25) is 0 Å². The maximum Gasteiger partial charge on any atom is 0.331 e. The van der Waals surface area contributed by atoms with Gasteiger partial charge in [0.1, 0.15) is 6.61 Å². The number of carbonyl (C=O) groups is 2. The third-order valence-electron chi connectivity index (χ3n) is 1.95. The quantitative estimate of drug-likeness (QED) is 0.585. The van der Waals surface area contributed by atoms with Gasteiger partial charge in [0.05, 0.1) is 6.61 Å². The van der Waals surface area contributed by atoms with Crippen molar-refractivity contribution in [3.63, 3.8) is 0 Å². The zero-order valence-corrected chi connectivity index (χ0v) is 9.00. The summed E-state index contributed by atoms with van der Waals surface area (Å²) >= 11 is 0. The number of benzene rings is 1. The molecule has 0 heterocycles. The lowest BCUT2D eigenvalue weighted by Crippen LogP contribution is -2.02. The van der Waals surface area contributed by atoms with E-state index < -0.39 is 11.9 Å². The molecule has 0 bridgehead atoms. The van der Waals surface area contributed by atoms with Crippen molar-refractivity contribution >= 4 is 11.9 Å². The fraction of sp³-hybridized carbons (Fsp3) is 0.167. The molecule has 0 aliphatic rings. The Morgan fingerprint density at radius 3 is 2.24 bits per heavy atom. The van der Waals surface area contributed by atoms with Gasteiger partial charge in [-0.1, -0.05) is 24.3 Å². The lowest BCUT2D eigenvalue weighted by molar-refractivity contribution is -0.139. The summed E-state index contributed by atoms with van der Waals surface area (Å²) in [6.45, 7) is 0.0237. The second kappa shape index (κ2) is 6.44. The highest BCUT2D eigenvalue weighted by Crippen LogP contribution is 2.05. The molecule has 0 aromatic heterocycles. The first kappa shape index (κ1) is 12.9. The molecular weight excluding hydrogens is 224 g/mol. The molecule has 0 unspecified atom stereocenters. The van der Waals surface area contributed by atoms with Crippen molar-refractivity contribution in [2.24, 2.45) is 0 Å². The predicted molar refractivity (Wildman–Crippen MR) is 58.9 cm³/mol. The van der Waals surface area contributed by atoms with E-state index in [1.165, 1.54) is 0 Å². The molecule has 0 saturated carbocycles. The number of ether oxygens (including phenoxy) is 1. The summed E-state index contributed by atoms with van der Waals surface area (Å²) in [7, 11) is 0. The fourth-order valence-electron chi connectivity index (χ4n) is 1.08. The summed E-state index contributed by atoms with van der Waals surface area (Å²) in [5, 5.41) is 17.1. The van der Waals surface area contributed by atoms with Gasteiger partial charge in [0.15, 0.2) is 0 Å². The van der Waals surface area contributed by atoms with Crippen LogP contribution in [0.2, 0.25) is 0 Å². The summed E-state index contributed by atoms with van der Waals surface area (Å²) in [4.78, 5) is 21.2. The smallest absolute Gasteiger partial charge is 0.331 e. The zero-order valence-electron chi connectivity index (χ0n) is 9.00. The molecule has 2 N–H and O–H groups in total. The van der Waals surface area contributed by atoms with Gasteiger partial charge in [0.25, 0.3) is 0 Å². The summed E-state index contributed by atoms with van der Waals surface area (Å²) in [5.74, 6) is -1.91. The summed E-state index contributed by atoms with van der Waals surface area (Å²) in [5.41, 5.74) is 1.53. The molecule has 0 aliphatic carbocycles. The lowest BCUT2D eigenvalue weighted by Gasteiger charge is -2.03. The highest BCUT2D eigenvalue weighted by Gasteiger charge is 2.00. The fourth-order valence-corrected chi connectivity index (χ4v) is 1.08. The number of hydrogen-bond acceptors (Lipinski definition) is 4. The zero-order chi connectivity index (χ0) is 12.7. The Labute approximate surface area is 98.0 Å². The molecule has 0 atom stereocenters. The lowest BCUT2D eigenvalue weighted by atomic mass is 10.1. The maximum absolute atomic E-state index is 11.0. The molecule has 1 rings (SSSR count). The molecule has 1 aromatic carbocycles. The Morgan fingerprint density at radius 2 is 1.71 bits per heavy atom. The van der Waals surface area contributed by atoms with E-state index >= 15 is 0 Å². The van der Waals surface area contributed by atoms with Crippen LogP contribution in [0.3, 0.4) is 0 Å². The summed E-state index contributed by atoms with van der Waals surface area (Å²) in [6, 6.07) is 6.88. The first-order valence-corrected chi connectivity index (χ1v) is 4.88. The van der Waals surface area contributed by atoms with Gasteiger partial charge in [-0.25, -0.2) is 9.59 Å². The highest BCUT2D eigenvalue weighted by atomic mass is 16.5. The van der Waals surface area contributed by atoms with E-state index in [1.807, 2.05) is 0 Å². The minimum Gasteiger partial charge on any atom is -0.478 e. The number of rotatable bonds is 5.